The van der Waals surface area contributed by atoms with Crippen LogP contribution >= 0.6 is 0 Å². The number of nitrogens with zero attached hydrogens (tertiary/aromatic N) is 1. The van der Waals surface area contributed by atoms with E-state index in [0.29, 0.717) is 11.8 Å². The molecule has 2 atom stereocenters. The lowest BCUT2D eigenvalue weighted by atomic mass is 9.58. The van der Waals surface area contributed by atoms with E-state index in [9.17, 15) is 5.11 Å². The van der Waals surface area contributed by atoms with E-state index in [1.54, 1.807) is 7.11 Å². The van der Waals surface area contributed by atoms with Gasteiger partial charge in [0.1, 0.15) is 0 Å². The maximum atomic E-state index is 10.2. The van der Waals surface area contributed by atoms with Crippen molar-refractivity contribution in [3.8, 4) is 5.88 Å². The summed E-state index contributed by atoms with van der Waals surface area (Å²) in [4.78, 5) is 4.61. The van der Waals surface area contributed by atoms with E-state index in [4.69, 9.17) is 4.74 Å². The number of aliphatic hydroxyl groups is 1. The number of pyridine rings is 1. The summed E-state index contributed by atoms with van der Waals surface area (Å²) in [6, 6.07) is 3.98. The van der Waals surface area contributed by atoms with Gasteiger partial charge in [-0.25, -0.2) is 4.98 Å². The SMILES string of the molecule is C/C=C1\C2C=C(C)C[C@]1(CO)c1ccc(OC)nc1C2. The summed E-state index contributed by atoms with van der Waals surface area (Å²) in [6.45, 7) is 4.37. The molecule has 1 heterocycles. The Morgan fingerprint density at radius 3 is 2.95 bits per heavy atom. The molecular weight excluding hydrogens is 250 g/mol. The lowest BCUT2D eigenvalue weighted by Gasteiger charge is -2.46. The fraction of sp³-hybridized carbons (Fsp3) is 0.471. The molecule has 3 rings (SSSR count). The lowest BCUT2D eigenvalue weighted by molar-refractivity contribution is 0.196. The van der Waals surface area contributed by atoms with Crippen LogP contribution in [0.5, 0.6) is 5.88 Å². The molecule has 106 valence electrons. The molecule has 0 saturated carbocycles. The Morgan fingerprint density at radius 1 is 1.50 bits per heavy atom. The zero-order valence-electron chi connectivity index (χ0n) is 12.3. The van der Waals surface area contributed by atoms with Gasteiger partial charge < -0.3 is 9.84 Å². The third-order valence-corrected chi connectivity index (χ3v) is 4.69. The van der Waals surface area contributed by atoms with E-state index in [1.807, 2.05) is 6.07 Å². The van der Waals surface area contributed by atoms with E-state index in [0.717, 1.165) is 24.1 Å². The van der Waals surface area contributed by atoms with Crippen molar-refractivity contribution in [3.05, 3.63) is 46.7 Å². The van der Waals surface area contributed by atoms with Gasteiger partial charge in [-0.05, 0) is 25.8 Å². The van der Waals surface area contributed by atoms with Gasteiger partial charge in [-0.15, -0.1) is 0 Å². The van der Waals surface area contributed by atoms with Crippen molar-refractivity contribution >= 4 is 0 Å². The topological polar surface area (TPSA) is 42.4 Å². The quantitative estimate of drug-likeness (QED) is 0.841. The van der Waals surface area contributed by atoms with Gasteiger partial charge in [0.25, 0.3) is 0 Å². The van der Waals surface area contributed by atoms with Crippen LogP contribution in [0.2, 0.25) is 0 Å². The molecule has 0 aromatic carbocycles. The van der Waals surface area contributed by atoms with Crippen LogP contribution in [0.1, 0.15) is 31.5 Å². The molecule has 1 N–H and O–H groups in total. The number of fused-ring (bicyclic) bond motifs is 4. The highest BCUT2D eigenvalue weighted by atomic mass is 16.5. The number of hydrogen-bond acceptors (Lipinski definition) is 3. The molecule has 1 aromatic heterocycles. The molecule has 0 radical (unpaired) electrons. The van der Waals surface area contributed by atoms with E-state index in [1.165, 1.54) is 11.1 Å². The number of aliphatic hydroxyl groups excluding tert-OH is 1. The van der Waals surface area contributed by atoms with Gasteiger partial charge in [0.15, 0.2) is 0 Å². The molecule has 3 nitrogen and oxygen atoms in total. The van der Waals surface area contributed by atoms with Crippen molar-refractivity contribution in [2.24, 2.45) is 5.92 Å². The minimum absolute atomic E-state index is 0.134. The number of methoxy groups -OCH3 is 1. The van der Waals surface area contributed by atoms with Crippen molar-refractivity contribution in [1.82, 2.24) is 4.98 Å². The predicted octanol–water partition coefficient (Wildman–Crippen LogP) is 2.79. The van der Waals surface area contributed by atoms with Crippen LogP contribution in [0.25, 0.3) is 0 Å². The van der Waals surface area contributed by atoms with Gasteiger partial charge in [-0.2, -0.15) is 0 Å². The molecule has 2 aliphatic carbocycles. The van der Waals surface area contributed by atoms with Gasteiger partial charge in [0.05, 0.1) is 13.7 Å². The van der Waals surface area contributed by atoms with Crippen molar-refractivity contribution in [2.75, 3.05) is 13.7 Å². The first-order chi connectivity index (χ1) is 9.64. The Bertz CT molecular complexity index is 603. The molecule has 0 aliphatic heterocycles. The second kappa shape index (κ2) is 4.74. The number of allylic oxidation sites excluding steroid dienone is 3. The molecule has 2 aliphatic rings. The van der Waals surface area contributed by atoms with Crippen LogP contribution in [-0.4, -0.2) is 23.8 Å². The van der Waals surface area contributed by atoms with Crippen LogP contribution in [0.3, 0.4) is 0 Å². The zero-order chi connectivity index (χ0) is 14.3. The Kier molecular flexibility index (Phi) is 3.17. The van der Waals surface area contributed by atoms with Crippen LogP contribution in [0, 0.1) is 5.92 Å². The van der Waals surface area contributed by atoms with Crippen molar-refractivity contribution in [1.29, 1.82) is 0 Å². The Hall–Kier alpha value is -1.61. The summed E-state index contributed by atoms with van der Waals surface area (Å²) < 4.78 is 5.24. The minimum Gasteiger partial charge on any atom is -0.481 e. The summed E-state index contributed by atoms with van der Waals surface area (Å²) >= 11 is 0. The molecule has 0 spiro atoms. The van der Waals surface area contributed by atoms with E-state index < -0.39 is 0 Å². The van der Waals surface area contributed by atoms with Gasteiger partial charge in [-0.3, -0.25) is 0 Å². The Morgan fingerprint density at radius 2 is 2.30 bits per heavy atom. The Balaban J connectivity index is 2.23. The average Bonchev–Trinajstić information content (AvgIpc) is 2.45. The molecular formula is C17H21NO2. The second-order valence-corrected chi connectivity index (χ2v) is 5.83. The molecule has 1 unspecified atom stereocenters. The monoisotopic (exact) mass is 271 g/mol. The van der Waals surface area contributed by atoms with E-state index in [-0.39, 0.29) is 12.0 Å². The molecule has 0 amide bonds. The highest BCUT2D eigenvalue weighted by molar-refractivity contribution is 5.51. The first-order valence-electron chi connectivity index (χ1n) is 7.14. The van der Waals surface area contributed by atoms with Gasteiger partial charge in [-0.1, -0.05) is 29.4 Å². The van der Waals surface area contributed by atoms with E-state index >= 15 is 0 Å². The Labute approximate surface area is 120 Å². The third kappa shape index (κ3) is 1.73. The second-order valence-electron chi connectivity index (χ2n) is 5.83. The van der Waals surface area contributed by atoms with E-state index in [2.05, 4.69) is 37.0 Å². The van der Waals surface area contributed by atoms with Gasteiger partial charge in [0.2, 0.25) is 5.88 Å². The minimum atomic E-state index is -0.287. The highest BCUT2D eigenvalue weighted by Crippen LogP contribution is 2.51. The number of hydrogen-bond donors (Lipinski definition) is 1. The smallest absolute Gasteiger partial charge is 0.213 e. The van der Waals surface area contributed by atoms with Crippen LogP contribution in [-0.2, 0) is 11.8 Å². The maximum absolute atomic E-state index is 10.2. The van der Waals surface area contributed by atoms with Crippen molar-refractivity contribution < 1.29 is 9.84 Å². The fourth-order valence-corrected chi connectivity index (χ4v) is 3.96. The lowest BCUT2D eigenvalue weighted by Crippen LogP contribution is -2.43. The zero-order valence-corrected chi connectivity index (χ0v) is 12.3. The normalized spacial score (nSPS) is 29.9. The molecule has 0 fully saturated rings. The molecule has 2 bridgehead atoms. The number of aromatic nitrogens is 1. The molecule has 0 saturated heterocycles. The fourth-order valence-electron chi connectivity index (χ4n) is 3.96. The van der Waals surface area contributed by atoms with Gasteiger partial charge in [0, 0.05) is 29.5 Å². The molecule has 20 heavy (non-hydrogen) atoms. The highest BCUT2D eigenvalue weighted by Gasteiger charge is 2.46. The average molecular weight is 271 g/mol. The first-order valence-corrected chi connectivity index (χ1v) is 7.14. The van der Waals surface area contributed by atoms with Crippen LogP contribution in [0.15, 0.2) is 35.4 Å². The largest absolute Gasteiger partial charge is 0.481 e. The standard InChI is InChI=1S/C17H21NO2/c1-4-13-12-7-11(2)9-17(13,10-19)14-5-6-16(20-3)18-15(14)8-12/h4-7,12,19H,8-10H2,1-3H3/b13-4+/t12?,17-/m1/s1. The number of ether oxygens (including phenoxy) is 1. The van der Waals surface area contributed by atoms with Crippen molar-refractivity contribution in [2.45, 2.75) is 32.1 Å². The maximum Gasteiger partial charge on any atom is 0.213 e. The number of rotatable bonds is 2. The first kappa shape index (κ1) is 13.4. The van der Waals surface area contributed by atoms with Crippen LogP contribution in [0.4, 0.5) is 0 Å². The summed E-state index contributed by atoms with van der Waals surface area (Å²) in [5.74, 6) is 1.01. The summed E-state index contributed by atoms with van der Waals surface area (Å²) in [7, 11) is 1.64. The summed E-state index contributed by atoms with van der Waals surface area (Å²) in [5, 5.41) is 10.2. The summed E-state index contributed by atoms with van der Waals surface area (Å²) in [6.07, 6.45) is 6.27. The van der Waals surface area contributed by atoms with Gasteiger partial charge >= 0.3 is 0 Å². The van der Waals surface area contributed by atoms with Crippen molar-refractivity contribution in [3.63, 3.8) is 0 Å². The summed E-state index contributed by atoms with van der Waals surface area (Å²) in [5.41, 5.74) is 4.64. The third-order valence-electron chi connectivity index (χ3n) is 4.69. The molecule has 1 aromatic rings. The molecule has 3 heteroatoms. The van der Waals surface area contributed by atoms with Crippen LogP contribution < -0.4 is 4.74 Å². The predicted molar refractivity (Wildman–Crippen MR) is 78.9 cm³/mol.